The summed E-state index contributed by atoms with van der Waals surface area (Å²) in [5.74, 6) is 0.126. The molecule has 0 atom stereocenters. The molecule has 0 aliphatic heterocycles. The molecule has 0 amide bonds. The molecule has 0 aliphatic carbocycles. The van der Waals surface area contributed by atoms with Gasteiger partial charge in [0.25, 0.3) is 0 Å². The maximum Gasteiger partial charge on any atom is 0.216 e. The van der Waals surface area contributed by atoms with Gasteiger partial charge >= 0.3 is 0 Å². The van der Waals surface area contributed by atoms with Gasteiger partial charge in [0.1, 0.15) is 6.54 Å². The number of carbonyl (C=O) groups excluding carboxylic acids is 1. The molecule has 0 saturated carbocycles. The normalized spacial score (nSPS) is 10.2. The van der Waals surface area contributed by atoms with Crippen LogP contribution in [0.1, 0.15) is 27.0 Å². The van der Waals surface area contributed by atoms with E-state index in [1.807, 2.05) is 19.9 Å². The summed E-state index contributed by atoms with van der Waals surface area (Å²) < 4.78 is 0. The van der Waals surface area contributed by atoms with Crippen LogP contribution in [0.3, 0.4) is 0 Å². The van der Waals surface area contributed by atoms with E-state index in [1.54, 1.807) is 0 Å². The van der Waals surface area contributed by atoms with Gasteiger partial charge in [0.05, 0.1) is 0 Å². The van der Waals surface area contributed by atoms with Crippen molar-refractivity contribution in [2.75, 3.05) is 6.54 Å². The first-order valence-electron chi connectivity index (χ1n) is 4.46. The third-order valence-electron chi connectivity index (χ3n) is 2.37. The molecule has 0 radical (unpaired) electrons. The Balaban J connectivity index is 3.23. The van der Waals surface area contributed by atoms with Gasteiger partial charge in [-0.25, -0.2) is 0 Å². The second-order valence-electron chi connectivity index (χ2n) is 3.42. The molecule has 3 N–H and O–H groups in total. The third-order valence-corrected chi connectivity index (χ3v) is 2.37. The number of quaternary nitrogens is 1. The number of rotatable bonds is 2. The van der Waals surface area contributed by atoms with Gasteiger partial charge in [0, 0.05) is 5.56 Å². The molecule has 0 saturated heterocycles. The Bertz CT molecular complexity index is 342. The second-order valence-corrected chi connectivity index (χ2v) is 3.42. The number of hydrogen-bond donors (Lipinski definition) is 1. The number of carbonyl (C=O) groups is 1. The van der Waals surface area contributed by atoms with Crippen LogP contribution in [0.2, 0.25) is 0 Å². The van der Waals surface area contributed by atoms with Crippen LogP contribution in [-0.2, 0) is 0 Å². The Hall–Kier alpha value is -1.15. The van der Waals surface area contributed by atoms with Gasteiger partial charge in [-0.05, 0) is 43.5 Å². The zero-order chi connectivity index (χ0) is 10.0. The standard InChI is InChI=1S/C11H15NO/c1-7-4-9(3)10(5-8(7)2)11(13)6-12/h4-5H,6,12H2,1-3H3/p+1. The summed E-state index contributed by atoms with van der Waals surface area (Å²) in [5, 5.41) is 0. The lowest BCUT2D eigenvalue weighted by atomic mass is 9.98. The van der Waals surface area contributed by atoms with Crippen molar-refractivity contribution in [2.45, 2.75) is 20.8 Å². The smallest absolute Gasteiger partial charge is 0.216 e. The van der Waals surface area contributed by atoms with E-state index in [0.29, 0.717) is 6.54 Å². The Labute approximate surface area is 78.8 Å². The van der Waals surface area contributed by atoms with Crippen LogP contribution in [0.15, 0.2) is 12.1 Å². The lowest BCUT2D eigenvalue weighted by Gasteiger charge is -2.06. The third kappa shape index (κ3) is 1.95. The quantitative estimate of drug-likeness (QED) is 0.676. The van der Waals surface area contributed by atoms with E-state index < -0.39 is 0 Å². The van der Waals surface area contributed by atoms with E-state index in [9.17, 15) is 4.79 Å². The van der Waals surface area contributed by atoms with Gasteiger partial charge in [0.2, 0.25) is 5.78 Å². The number of benzene rings is 1. The van der Waals surface area contributed by atoms with Crippen LogP contribution in [0.25, 0.3) is 0 Å². The maximum absolute atomic E-state index is 11.4. The minimum absolute atomic E-state index is 0.126. The minimum atomic E-state index is 0.126. The van der Waals surface area contributed by atoms with Crippen molar-refractivity contribution in [3.63, 3.8) is 0 Å². The van der Waals surface area contributed by atoms with E-state index in [4.69, 9.17) is 0 Å². The molecule has 2 nitrogen and oxygen atoms in total. The fourth-order valence-electron chi connectivity index (χ4n) is 1.40. The molecule has 0 spiro atoms. The van der Waals surface area contributed by atoms with Crippen LogP contribution in [0.5, 0.6) is 0 Å². The summed E-state index contributed by atoms with van der Waals surface area (Å²) in [6, 6.07) is 4.01. The number of hydrogen-bond acceptors (Lipinski definition) is 1. The first kappa shape index (κ1) is 9.93. The summed E-state index contributed by atoms with van der Waals surface area (Å²) in [6.07, 6.45) is 0. The molecule has 0 fully saturated rings. The molecule has 0 aromatic heterocycles. The minimum Gasteiger partial charge on any atom is -0.351 e. The molecular formula is C11H16NO+. The number of aryl methyl sites for hydroxylation is 3. The maximum atomic E-state index is 11.4. The van der Waals surface area contributed by atoms with Gasteiger partial charge in [-0.3, -0.25) is 4.79 Å². The van der Waals surface area contributed by atoms with Crippen LogP contribution >= 0.6 is 0 Å². The van der Waals surface area contributed by atoms with Gasteiger partial charge in [0.15, 0.2) is 0 Å². The molecule has 13 heavy (non-hydrogen) atoms. The van der Waals surface area contributed by atoms with Gasteiger partial charge in [-0.2, -0.15) is 0 Å². The highest BCUT2D eigenvalue weighted by molar-refractivity contribution is 5.98. The topological polar surface area (TPSA) is 44.7 Å². The van der Waals surface area contributed by atoms with Crippen LogP contribution < -0.4 is 5.73 Å². The zero-order valence-corrected chi connectivity index (χ0v) is 8.48. The van der Waals surface area contributed by atoms with Crippen molar-refractivity contribution >= 4 is 5.78 Å². The molecule has 0 heterocycles. The first-order chi connectivity index (χ1) is 6.06. The summed E-state index contributed by atoms with van der Waals surface area (Å²) in [7, 11) is 0. The Morgan fingerprint density at radius 3 is 2.23 bits per heavy atom. The van der Waals surface area contributed by atoms with Gasteiger partial charge < -0.3 is 5.73 Å². The van der Waals surface area contributed by atoms with Crippen molar-refractivity contribution in [3.8, 4) is 0 Å². The molecule has 2 heteroatoms. The second kappa shape index (κ2) is 3.71. The Morgan fingerprint density at radius 2 is 1.69 bits per heavy atom. The first-order valence-corrected chi connectivity index (χ1v) is 4.46. The monoisotopic (exact) mass is 178 g/mol. The van der Waals surface area contributed by atoms with Gasteiger partial charge in [-0.15, -0.1) is 0 Å². The highest BCUT2D eigenvalue weighted by atomic mass is 16.1. The van der Waals surface area contributed by atoms with Gasteiger partial charge in [-0.1, -0.05) is 6.07 Å². The van der Waals surface area contributed by atoms with Crippen LogP contribution in [0.4, 0.5) is 0 Å². The highest BCUT2D eigenvalue weighted by Gasteiger charge is 2.09. The summed E-state index contributed by atoms with van der Waals surface area (Å²) in [4.78, 5) is 11.4. The van der Waals surface area contributed by atoms with E-state index >= 15 is 0 Å². The largest absolute Gasteiger partial charge is 0.351 e. The van der Waals surface area contributed by atoms with E-state index in [2.05, 4.69) is 18.7 Å². The average Bonchev–Trinajstić information content (AvgIpc) is 2.10. The van der Waals surface area contributed by atoms with Crippen molar-refractivity contribution in [3.05, 3.63) is 34.4 Å². The number of ketones is 1. The molecule has 1 aromatic carbocycles. The lowest BCUT2D eigenvalue weighted by Crippen LogP contribution is -2.54. The van der Waals surface area contributed by atoms with E-state index in [0.717, 1.165) is 11.1 Å². The fourth-order valence-corrected chi connectivity index (χ4v) is 1.40. The molecule has 0 bridgehead atoms. The van der Waals surface area contributed by atoms with Crippen molar-refractivity contribution in [1.29, 1.82) is 0 Å². The van der Waals surface area contributed by atoms with Crippen molar-refractivity contribution < 1.29 is 10.5 Å². The summed E-state index contributed by atoms with van der Waals surface area (Å²) in [6.45, 7) is 6.38. The summed E-state index contributed by atoms with van der Waals surface area (Å²) >= 11 is 0. The van der Waals surface area contributed by atoms with E-state index in [1.165, 1.54) is 11.1 Å². The molecule has 1 aromatic rings. The predicted octanol–water partition coefficient (Wildman–Crippen LogP) is 1.04. The Morgan fingerprint density at radius 1 is 1.15 bits per heavy atom. The zero-order valence-electron chi connectivity index (χ0n) is 8.48. The van der Waals surface area contributed by atoms with Crippen LogP contribution in [0, 0.1) is 20.8 Å². The van der Waals surface area contributed by atoms with E-state index in [-0.39, 0.29) is 5.78 Å². The molecule has 1 rings (SSSR count). The van der Waals surface area contributed by atoms with Crippen molar-refractivity contribution in [1.82, 2.24) is 0 Å². The fraction of sp³-hybridized carbons (Fsp3) is 0.364. The SMILES string of the molecule is Cc1cc(C)c(C(=O)C[NH3+])cc1C. The molecule has 0 unspecified atom stereocenters. The van der Waals surface area contributed by atoms with Crippen molar-refractivity contribution in [2.24, 2.45) is 0 Å². The molecular weight excluding hydrogens is 162 g/mol. The van der Waals surface area contributed by atoms with Crippen LogP contribution in [-0.4, -0.2) is 12.3 Å². The molecule has 70 valence electrons. The Kier molecular flexibility index (Phi) is 2.83. The number of Topliss-reactive ketones (excluding diaryl/α,β-unsaturated/α-hetero) is 1. The predicted molar refractivity (Wildman–Crippen MR) is 52.7 cm³/mol. The molecule has 0 aliphatic rings. The highest BCUT2D eigenvalue weighted by Crippen LogP contribution is 2.15. The summed E-state index contributed by atoms with van der Waals surface area (Å²) in [5.41, 5.74) is 7.88. The lowest BCUT2D eigenvalue weighted by molar-refractivity contribution is -0.349. The average molecular weight is 178 g/mol.